The van der Waals surface area contributed by atoms with Crippen LogP contribution in [0.3, 0.4) is 0 Å². The lowest BCUT2D eigenvalue weighted by Gasteiger charge is -2.11. The molecule has 200 valence electrons. The van der Waals surface area contributed by atoms with Crippen LogP contribution >= 0.6 is 0 Å². The predicted octanol–water partition coefficient (Wildman–Crippen LogP) is 11.7. The fourth-order valence-corrected chi connectivity index (χ4v) is 5.17. The Morgan fingerprint density at radius 3 is 0.697 bits per heavy atom. The number of hydrogen-bond donors (Lipinski definition) is 1. The lowest BCUT2D eigenvalue weighted by atomic mass is 10.00. The zero-order valence-electron chi connectivity index (χ0n) is 23.7. The zero-order valence-corrected chi connectivity index (χ0v) is 23.7. The van der Waals surface area contributed by atoms with E-state index in [0.717, 1.165) is 0 Å². The molecule has 1 nitrogen and oxygen atoms in total. The minimum atomic E-state index is 0.468. The second-order valence-electron chi connectivity index (χ2n) is 11.2. The van der Waals surface area contributed by atoms with Crippen LogP contribution in [0.2, 0.25) is 0 Å². The van der Waals surface area contributed by atoms with E-state index in [0.29, 0.717) is 6.04 Å². The molecule has 0 saturated heterocycles. The van der Waals surface area contributed by atoms with Crippen LogP contribution in [0.1, 0.15) is 200 Å². The Labute approximate surface area is 211 Å². The molecular weight excluding hydrogens is 398 g/mol. The molecule has 0 aliphatic rings. The van der Waals surface area contributed by atoms with Crippen molar-refractivity contribution in [2.75, 3.05) is 0 Å². The summed E-state index contributed by atoms with van der Waals surface area (Å²) in [4.78, 5) is 0. The fraction of sp³-hybridized carbons (Fsp3) is 1.00. The van der Waals surface area contributed by atoms with E-state index in [1.807, 2.05) is 0 Å². The van der Waals surface area contributed by atoms with Gasteiger partial charge < -0.3 is 5.73 Å². The van der Waals surface area contributed by atoms with E-state index in [9.17, 15) is 0 Å². The van der Waals surface area contributed by atoms with Crippen molar-refractivity contribution in [2.24, 2.45) is 5.73 Å². The number of hydrogen-bond acceptors (Lipinski definition) is 1. The molecule has 0 spiro atoms. The Morgan fingerprint density at radius 2 is 0.485 bits per heavy atom. The average Bonchev–Trinajstić information content (AvgIpc) is 2.82. The first-order chi connectivity index (χ1) is 16.3. The van der Waals surface area contributed by atoms with Crippen molar-refractivity contribution in [1.82, 2.24) is 0 Å². The monoisotopic (exact) mass is 466 g/mol. The summed E-state index contributed by atoms with van der Waals surface area (Å²) in [5.74, 6) is 0. The van der Waals surface area contributed by atoms with Gasteiger partial charge in [0.15, 0.2) is 0 Å². The van der Waals surface area contributed by atoms with E-state index in [1.54, 1.807) is 0 Å². The van der Waals surface area contributed by atoms with Crippen LogP contribution in [-0.4, -0.2) is 6.04 Å². The molecule has 0 bridgehead atoms. The number of unbranched alkanes of at least 4 members (excludes halogenated alkanes) is 25. The van der Waals surface area contributed by atoms with Crippen LogP contribution in [0.25, 0.3) is 0 Å². The van der Waals surface area contributed by atoms with E-state index >= 15 is 0 Å². The van der Waals surface area contributed by atoms with Gasteiger partial charge in [0.1, 0.15) is 0 Å². The fourth-order valence-electron chi connectivity index (χ4n) is 5.17. The first-order valence-corrected chi connectivity index (χ1v) is 16.1. The van der Waals surface area contributed by atoms with E-state index in [-0.39, 0.29) is 0 Å². The predicted molar refractivity (Wildman–Crippen MR) is 153 cm³/mol. The summed E-state index contributed by atoms with van der Waals surface area (Å²) < 4.78 is 0. The maximum absolute atomic E-state index is 6.36. The highest BCUT2D eigenvalue weighted by Crippen LogP contribution is 2.16. The van der Waals surface area contributed by atoms with Crippen molar-refractivity contribution >= 4 is 0 Å². The second kappa shape index (κ2) is 30.0. The summed E-state index contributed by atoms with van der Waals surface area (Å²) in [5, 5.41) is 0. The molecule has 0 aromatic heterocycles. The molecule has 1 atom stereocenters. The van der Waals surface area contributed by atoms with Gasteiger partial charge in [-0.15, -0.1) is 0 Å². The van der Waals surface area contributed by atoms with Gasteiger partial charge in [-0.2, -0.15) is 0 Å². The van der Waals surface area contributed by atoms with E-state index in [2.05, 4.69) is 13.8 Å². The van der Waals surface area contributed by atoms with Crippen molar-refractivity contribution in [3.8, 4) is 0 Å². The Bertz CT molecular complexity index is 326. The van der Waals surface area contributed by atoms with Crippen molar-refractivity contribution in [1.29, 1.82) is 0 Å². The van der Waals surface area contributed by atoms with Crippen molar-refractivity contribution in [3.63, 3.8) is 0 Å². The van der Waals surface area contributed by atoms with E-state index in [1.165, 1.54) is 186 Å². The van der Waals surface area contributed by atoms with Crippen molar-refractivity contribution in [2.45, 2.75) is 206 Å². The van der Waals surface area contributed by atoms with E-state index < -0.39 is 0 Å². The highest BCUT2D eigenvalue weighted by molar-refractivity contribution is 4.62. The van der Waals surface area contributed by atoms with Crippen LogP contribution in [0, 0.1) is 0 Å². The van der Waals surface area contributed by atoms with Crippen molar-refractivity contribution < 1.29 is 0 Å². The van der Waals surface area contributed by atoms with Gasteiger partial charge in [0.05, 0.1) is 0 Å². The Balaban J connectivity index is 3.13. The lowest BCUT2D eigenvalue weighted by Crippen LogP contribution is -2.19. The SMILES string of the molecule is CCCCCCCCCCCCCCCCCC(N)CCCCCCCCCCCCCC. The lowest BCUT2D eigenvalue weighted by molar-refractivity contribution is 0.477. The molecule has 0 aromatic rings. The molecule has 1 unspecified atom stereocenters. The van der Waals surface area contributed by atoms with Gasteiger partial charge >= 0.3 is 0 Å². The maximum atomic E-state index is 6.36. The zero-order chi connectivity index (χ0) is 24.1. The Morgan fingerprint density at radius 1 is 0.303 bits per heavy atom. The molecule has 1 heteroatoms. The Hall–Kier alpha value is -0.0400. The minimum absolute atomic E-state index is 0.468. The quantitative estimate of drug-likeness (QED) is 0.109. The minimum Gasteiger partial charge on any atom is -0.328 e. The number of rotatable bonds is 29. The van der Waals surface area contributed by atoms with Crippen LogP contribution < -0.4 is 5.73 Å². The maximum Gasteiger partial charge on any atom is 0.00388 e. The molecule has 0 aromatic carbocycles. The van der Waals surface area contributed by atoms with Gasteiger partial charge in [-0.25, -0.2) is 0 Å². The molecule has 0 heterocycles. The standard InChI is InChI=1S/C32H67N/c1-3-5-7-9-11-13-15-17-18-19-21-23-25-27-29-31-32(33)30-28-26-24-22-20-16-14-12-10-8-6-4-2/h32H,3-31,33H2,1-2H3. The van der Waals surface area contributed by atoms with Gasteiger partial charge in [0.25, 0.3) is 0 Å². The van der Waals surface area contributed by atoms with Gasteiger partial charge in [-0.3, -0.25) is 0 Å². The summed E-state index contributed by atoms with van der Waals surface area (Å²) in [6.45, 7) is 4.60. The van der Waals surface area contributed by atoms with E-state index in [4.69, 9.17) is 5.73 Å². The van der Waals surface area contributed by atoms with Gasteiger partial charge in [-0.05, 0) is 12.8 Å². The molecule has 0 saturated carbocycles. The smallest absolute Gasteiger partial charge is 0.00388 e. The third kappa shape index (κ3) is 29.9. The molecule has 0 aliphatic heterocycles. The van der Waals surface area contributed by atoms with Crippen LogP contribution in [0.4, 0.5) is 0 Å². The van der Waals surface area contributed by atoms with Crippen molar-refractivity contribution in [3.05, 3.63) is 0 Å². The van der Waals surface area contributed by atoms with Crippen LogP contribution in [0.5, 0.6) is 0 Å². The summed E-state index contributed by atoms with van der Waals surface area (Å²) in [7, 11) is 0. The third-order valence-electron chi connectivity index (χ3n) is 7.61. The molecule has 0 rings (SSSR count). The molecular formula is C32H67N. The molecule has 0 aliphatic carbocycles. The summed E-state index contributed by atoms with van der Waals surface area (Å²) in [5.41, 5.74) is 6.36. The van der Waals surface area contributed by atoms with Crippen LogP contribution in [-0.2, 0) is 0 Å². The average molecular weight is 466 g/mol. The largest absolute Gasteiger partial charge is 0.328 e. The summed E-state index contributed by atoms with van der Waals surface area (Å²) >= 11 is 0. The Kier molecular flexibility index (Phi) is 30.0. The molecule has 0 radical (unpaired) electrons. The highest BCUT2D eigenvalue weighted by atomic mass is 14.6. The van der Waals surface area contributed by atoms with Gasteiger partial charge in [0.2, 0.25) is 0 Å². The molecule has 2 N–H and O–H groups in total. The molecule has 33 heavy (non-hydrogen) atoms. The second-order valence-corrected chi connectivity index (χ2v) is 11.2. The third-order valence-corrected chi connectivity index (χ3v) is 7.61. The van der Waals surface area contributed by atoms with Crippen LogP contribution in [0.15, 0.2) is 0 Å². The normalized spacial score (nSPS) is 12.5. The topological polar surface area (TPSA) is 26.0 Å². The highest BCUT2D eigenvalue weighted by Gasteiger charge is 2.02. The van der Waals surface area contributed by atoms with Gasteiger partial charge in [0, 0.05) is 6.04 Å². The summed E-state index contributed by atoms with van der Waals surface area (Å²) in [6, 6.07) is 0.468. The molecule has 0 amide bonds. The first kappa shape index (κ1) is 33.0. The number of nitrogens with two attached hydrogens (primary N) is 1. The summed E-state index contributed by atoms with van der Waals surface area (Å²) in [6.07, 6.45) is 41.4. The molecule has 0 fully saturated rings. The first-order valence-electron chi connectivity index (χ1n) is 16.1. The van der Waals surface area contributed by atoms with Gasteiger partial charge in [-0.1, -0.05) is 187 Å².